The second kappa shape index (κ2) is 9.20. The van der Waals surface area contributed by atoms with Crippen molar-refractivity contribution in [3.8, 4) is 0 Å². The zero-order valence-electron chi connectivity index (χ0n) is 9.42. The van der Waals surface area contributed by atoms with E-state index in [1.54, 1.807) is 0 Å². The predicted octanol–water partition coefficient (Wildman–Crippen LogP) is 2.51. The minimum absolute atomic E-state index is 0. The van der Waals surface area contributed by atoms with Gasteiger partial charge in [-0.1, -0.05) is 13.8 Å². The molecule has 0 saturated carbocycles. The third kappa shape index (κ3) is 7.07. The molecule has 14 heavy (non-hydrogen) atoms. The van der Waals surface area contributed by atoms with Crippen LogP contribution in [-0.4, -0.2) is 24.6 Å². The fraction of sp³-hybridized carbons (Fsp3) is 0.900. The topological polar surface area (TPSA) is 50.7 Å². The lowest BCUT2D eigenvalue weighted by molar-refractivity contribution is 0.373. The zero-order chi connectivity index (χ0) is 10.2. The molecule has 0 atom stereocenters. The Morgan fingerprint density at radius 2 is 1.71 bits per heavy atom. The average molecular weight is 220 g/mol. The van der Waals surface area contributed by atoms with Gasteiger partial charge in [0.1, 0.15) is 0 Å². The van der Waals surface area contributed by atoms with E-state index >= 15 is 0 Å². The maximum absolute atomic E-state index is 6.09. The lowest BCUT2D eigenvalue weighted by Gasteiger charge is -2.25. The summed E-state index contributed by atoms with van der Waals surface area (Å²) in [6.07, 6.45) is 2.93. The molecule has 0 amide bonds. The van der Waals surface area contributed by atoms with Gasteiger partial charge in [-0.15, -0.1) is 12.4 Å². The molecule has 0 saturated heterocycles. The molecule has 3 nitrogen and oxygen atoms in total. The fourth-order valence-corrected chi connectivity index (χ4v) is 1.05. The Morgan fingerprint density at radius 3 is 2.14 bits per heavy atom. The first-order valence-corrected chi connectivity index (χ1v) is 5.05. The number of hydrogen-bond donors (Lipinski definition) is 1. The lowest BCUT2D eigenvalue weighted by atomic mass is 9.90. The Labute approximate surface area is 93.3 Å². The smallest absolute Gasteiger partial charge is 0.0892 e. The van der Waals surface area contributed by atoms with E-state index in [4.69, 9.17) is 5.73 Å². The van der Waals surface area contributed by atoms with E-state index in [-0.39, 0.29) is 17.9 Å². The number of nitrogens with two attached hydrogens (primary N) is 1. The molecule has 0 radical (unpaired) electrons. The summed E-state index contributed by atoms with van der Waals surface area (Å²) in [6.45, 7) is 7.69. The number of rotatable bonds is 6. The summed E-state index contributed by atoms with van der Waals surface area (Å²) in [5.41, 5.74) is 6.05. The normalized spacial score (nSPS) is 10.0. The van der Waals surface area contributed by atoms with Crippen LogP contribution < -0.4 is 5.73 Å². The maximum atomic E-state index is 6.09. The van der Waals surface area contributed by atoms with Gasteiger partial charge in [0.2, 0.25) is 0 Å². The fourth-order valence-electron chi connectivity index (χ4n) is 1.05. The lowest BCUT2D eigenvalue weighted by Crippen LogP contribution is -2.38. The zero-order valence-corrected chi connectivity index (χ0v) is 10.2. The average Bonchev–Trinajstić information content (AvgIpc) is 2.17. The van der Waals surface area contributed by atoms with Crippen molar-refractivity contribution in [3.05, 3.63) is 0 Å². The van der Waals surface area contributed by atoms with Crippen molar-refractivity contribution in [1.29, 1.82) is 0 Å². The van der Waals surface area contributed by atoms with Crippen LogP contribution >= 0.6 is 12.4 Å². The highest BCUT2D eigenvalue weighted by Crippen LogP contribution is 2.15. The Balaban J connectivity index is 0. The number of aliphatic imine (C=N–C) groups is 2. The minimum atomic E-state index is -0.0443. The van der Waals surface area contributed by atoms with Gasteiger partial charge in [0, 0.05) is 12.1 Å². The van der Waals surface area contributed by atoms with Crippen molar-refractivity contribution in [1.82, 2.24) is 0 Å². The highest BCUT2D eigenvalue weighted by Gasteiger charge is 2.18. The number of nitrogens with zero attached hydrogens (tertiary/aromatic N) is 2. The van der Waals surface area contributed by atoms with E-state index in [0.717, 1.165) is 32.4 Å². The summed E-state index contributed by atoms with van der Waals surface area (Å²) >= 11 is 0. The maximum Gasteiger partial charge on any atom is 0.0892 e. The standard InChI is InChI=1S/C10H21N3.ClH/c1-4-10(11,5-2)7-8-13-9-12-6-3;/h4-8,11H2,1-3H3;1H. The van der Waals surface area contributed by atoms with Crippen LogP contribution in [0, 0.1) is 0 Å². The van der Waals surface area contributed by atoms with Gasteiger partial charge in [0.05, 0.1) is 12.6 Å². The summed E-state index contributed by atoms with van der Waals surface area (Å²) in [4.78, 5) is 7.93. The van der Waals surface area contributed by atoms with Crippen LogP contribution in [-0.2, 0) is 0 Å². The van der Waals surface area contributed by atoms with Crippen molar-refractivity contribution in [2.75, 3.05) is 13.1 Å². The molecular formula is C10H22ClN3. The molecular weight excluding hydrogens is 198 g/mol. The summed E-state index contributed by atoms with van der Waals surface area (Å²) in [6, 6.07) is 2.65. The minimum Gasteiger partial charge on any atom is -0.325 e. The van der Waals surface area contributed by atoms with Crippen molar-refractivity contribution in [2.24, 2.45) is 15.7 Å². The molecule has 0 aromatic heterocycles. The van der Waals surface area contributed by atoms with Gasteiger partial charge in [-0.25, -0.2) is 9.98 Å². The molecule has 0 aliphatic heterocycles. The summed E-state index contributed by atoms with van der Waals surface area (Å²) in [5, 5.41) is 0. The van der Waals surface area contributed by atoms with Gasteiger partial charge in [0.15, 0.2) is 0 Å². The molecule has 84 valence electrons. The van der Waals surface area contributed by atoms with Crippen LogP contribution in [0.25, 0.3) is 0 Å². The summed E-state index contributed by atoms with van der Waals surface area (Å²) in [7, 11) is 0. The van der Waals surface area contributed by atoms with Crippen LogP contribution in [0.2, 0.25) is 0 Å². The molecule has 0 aliphatic carbocycles. The van der Waals surface area contributed by atoms with E-state index < -0.39 is 0 Å². The molecule has 2 N–H and O–H groups in total. The first-order valence-electron chi connectivity index (χ1n) is 5.05. The van der Waals surface area contributed by atoms with Crippen molar-refractivity contribution in [2.45, 2.75) is 45.6 Å². The monoisotopic (exact) mass is 219 g/mol. The van der Waals surface area contributed by atoms with Gasteiger partial charge < -0.3 is 5.73 Å². The molecule has 0 aromatic carbocycles. The SMILES string of the molecule is CCN=C=NCCC(N)(CC)CC.Cl. The van der Waals surface area contributed by atoms with E-state index in [2.05, 4.69) is 29.8 Å². The second-order valence-electron chi connectivity index (χ2n) is 3.28. The first kappa shape index (κ1) is 16.1. The Kier molecular flexibility index (Phi) is 10.6. The Hall–Kier alpha value is -0.370. The van der Waals surface area contributed by atoms with E-state index in [9.17, 15) is 0 Å². The molecule has 0 rings (SSSR count). The number of halogens is 1. The molecule has 0 heterocycles. The van der Waals surface area contributed by atoms with Crippen LogP contribution in [0.15, 0.2) is 9.98 Å². The Morgan fingerprint density at radius 1 is 1.14 bits per heavy atom. The molecule has 0 spiro atoms. The number of hydrogen-bond acceptors (Lipinski definition) is 3. The molecule has 0 aromatic rings. The van der Waals surface area contributed by atoms with Gasteiger partial charge in [-0.2, -0.15) is 0 Å². The van der Waals surface area contributed by atoms with Crippen LogP contribution in [0.4, 0.5) is 0 Å². The van der Waals surface area contributed by atoms with E-state index in [1.807, 2.05) is 6.92 Å². The highest BCUT2D eigenvalue weighted by molar-refractivity contribution is 5.85. The molecule has 4 heteroatoms. The quantitative estimate of drug-likeness (QED) is 0.686. The van der Waals surface area contributed by atoms with Crippen LogP contribution in [0.5, 0.6) is 0 Å². The largest absolute Gasteiger partial charge is 0.325 e. The molecule has 0 aliphatic rings. The van der Waals surface area contributed by atoms with Gasteiger partial charge in [-0.05, 0) is 26.2 Å². The van der Waals surface area contributed by atoms with E-state index in [0.29, 0.717) is 0 Å². The highest BCUT2D eigenvalue weighted by atomic mass is 35.5. The molecule has 0 unspecified atom stereocenters. The molecule has 0 fully saturated rings. The van der Waals surface area contributed by atoms with Gasteiger partial charge in [0.25, 0.3) is 0 Å². The van der Waals surface area contributed by atoms with Crippen molar-refractivity contribution < 1.29 is 0 Å². The summed E-state index contributed by atoms with van der Waals surface area (Å²) in [5.74, 6) is 0. The predicted molar refractivity (Wildman–Crippen MR) is 64.6 cm³/mol. The third-order valence-electron chi connectivity index (χ3n) is 2.43. The van der Waals surface area contributed by atoms with Crippen LogP contribution in [0.3, 0.4) is 0 Å². The van der Waals surface area contributed by atoms with Gasteiger partial charge >= 0.3 is 0 Å². The third-order valence-corrected chi connectivity index (χ3v) is 2.43. The van der Waals surface area contributed by atoms with Crippen molar-refractivity contribution >= 4 is 18.4 Å². The molecule has 0 bridgehead atoms. The van der Waals surface area contributed by atoms with Crippen LogP contribution in [0.1, 0.15) is 40.0 Å². The summed E-state index contributed by atoms with van der Waals surface area (Å²) < 4.78 is 0. The second-order valence-corrected chi connectivity index (χ2v) is 3.28. The Bertz CT molecular complexity index is 182. The van der Waals surface area contributed by atoms with Crippen molar-refractivity contribution in [3.63, 3.8) is 0 Å². The van der Waals surface area contributed by atoms with Gasteiger partial charge in [-0.3, -0.25) is 0 Å². The first-order chi connectivity index (χ1) is 6.18. The van der Waals surface area contributed by atoms with E-state index in [1.165, 1.54) is 0 Å².